The summed E-state index contributed by atoms with van der Waals surface area (Å²) in [5.74, 6) is -5.75. The SMILES string of the molecule is CCOC(=O)c1cn2c3c(c(F)c(F)c(F)c3c1=O)SC(N1CCCC1)=N2. The molecule has 2 aliphatic rings. The molecule has 0 atom stereocenters. The van der Waals surface area contributed by atoms with Crippen LogP contribution >= 0.6 is 11.8 Å². The minimum absolute atomic E-state index is 0.0000307. The van der Waals surface area contributed by atoms with E-state index in [1.54, 1.807) is 6.92 Å². The van der Waals surface area contributed by atoms with Gasteiger partial charge in [-0.05, 0) is 31.5 Å². The third kappa shape index (κ3) is 2.70. The summed E-state index contributed by atoms with van der Waals surface area (Å²) in [6, 6.07) is 0. The summed E-state index contributed by atoms with van der Waals surface area (Å²) >= 11 is 0.848. The number of nitrogens with zero attached hydrogens (tertiary/aromatic N) is 3. The largest absolute Gasteiger partial charge is 0.462 e. The lowest BCUT2D eigenvalue weighted by atomic mass is 10.1. The normalized spacial score (nSPS) is 16.0. The Hall–Kier alpha value is -2.49. The van der Waals surface area contributed by atoms with Crippen LogP contribution in [0.1, 0.15) is 30.1 Å². The summed E-state index contributed by atoms with van der Waals surface area (Å²) in [6.07, 6.45) is 2.94. The molecule has 1 fully saturated rings. The Morgan fingerprint density at radius 3 is 2.59 bits per heavy atom. The first-order valence-corrected chi connectivity index (χ1v) is 9.20. The highest BCUT2D eigenvalue weighted by Crippen LogP contribution is 2.38. The van der Waals surface area contributed by atoms with Crippen LogP contribution in [0.4, 0.5) is 13.2 Å². The number of carbonyl (C=O) groups excluding carboxylic acids is 1. The molecule has 0 N–H and O–H groups in total. The fourth-order valence-corrected chi connectivity index (χ4v) is 4.29. The second-order valence-electron chi connectivity index (χ2n) is 6.11. The van der Waals surface area contributed by atoms with Gasteiger partial charge in [-0.25, -0.2) is 22.6 Å². The first-order valence-electron chi connectivity index (χ1n) is 8.38. The number of halogens is 3. The molecule has 1 saturated heterocycles. The number of pyridine rings is 1. The van der Waals surface area contributed by atoms with Crippen LogP contribution in [-0.4, -0.2) is 40.4 Å². The third-order valence-electron chi connectivity index (χ3n) is 4.47. The highest BCUT2D eigenvalue weighted by atomic mass is 32.2. The number of benzene rings is 1. The van der Waals surface area contributed by atoms with Crippen molar-refractivity contribution in [2.45, 2.75) is 24.7 Å². The third-order valence-corrected chi connectivity index (χ3v) is 5.57. The van der Waals surface area contributed by atoms with Crippen LogP contribution in [0.3, 0.4) is 0 Å². The summed E-state index contributed by atoms with van der Waals surface area (Å²) < 4.78 is 48.9. The fourth-order valence-electron chi connectivity index (χ4n) is 3.20. The molecule has 1 aromatic carbocycles. The summed E-state index contributed by atoms with van der Waals surface area (Å²) in [6.45, 7) is 2.94. The Balaban J connectivity index is 2.04. The van der Waals surface area contributed by atoms with Gasteiger partial charge in [-0.1, -0.05) is 0 Å². The smallest absolute Gasteiger partial charge is 0.343 e. The van der Waals surface area contributed by atoms with E-state index in [1.807, 2.05) is 4.90 Å². The van der Waals surface area contributed by atoms with Crippen LogP contribution in [0.15, 0.2) is 21.0 Å². The molecule has 0 radical (unpaired) electrons. The van der Waals surface area contributed by atoms with Gasteiger partial charge in [0.15, 0.2) is 22.6 Å². The Kier molecular flexibility index (Phi) is 4.37. The minimum atomic E-state index is -1.75. The number of hydrogen-bond donors (Lipinski definition) is 0. The van der Waals surface area contributed by atoms with Crippen LogP contribution < -0.4 is 5.43 Å². The van der Waals surface area contributed by atoms with Crippen molar-refractivity contribution < 1.29 is 22.7 Å². The van der Waals surface area contributed by atoms with Crippen molar-refractivity contribution in [1.82, 2.24) is 9.58 Å². The molecule has 0 amide bonds. The number of amidine groups is 1. The van der Waals surface area contributed by atoms with Gasteiger partial charge in [0.05, 0.1) is 22.4 Å². The monoisotopic (exact) mass is 397 g/mol. The standard InChI is InChI=1S/C17H14F3N3O3S/c1-2-26-16(25)8-7-23-13-9(14(8)24)10(18)11(19)12(20)15(13)27-17(21-23)22-5-3-4-6-22/h7H,2-6H2,1H3. The molecule has 2 aromatic rings. The van der Waals surface area contributed by atoms with Crippen molar-refractivity contribution in [2.75, 3.05) is 19.7 Å². The number of esters is 1. The maximum atomic E-state index is 14.5. The lowest BCUT2D eigenvalue weighted by molar-refractivity contribution is 0.0524. The molecule has 142 valence electrons. The van der Waals surface area contributed by atoms with E-state index in [0.717, 1.165) is 35.5 Å². The Morgan fingerprint density at radius 2 is 1.93 bits per heavy atom. The highest BCUT2D eigenvalue weighted by molar-refractivity contribution is 8.14. The van der Waals surface area contributed by atoms with E-state index in [9.17, 15) is 22.8 Å². The average Bonchev–Trinajstić information content (AvgIpc) is 3.19. The van der Waals surface area contributed by atoms with Crippen molar-refractivity contribution in [2.24, 2.45) is 5.10 Å². The molecule has 0 unspecified atom stereocenters. The second-order valence-corrected chi connectivity index (χ2v) is 7.09. The topological polar surface area (TPSA) is 63.9 Å². The number of rotatable bonds is 2. The highest BCUT2D eigenvalue weighted by Gasteiger charge is 2.32. The van der Waals surface area contributed by atoms with Crippen molar-refractivity contribution in [1.29, 1.82) is 0 Å². The Morgan fingerprint density at radius 1 is 1.22 bits per heavy atom. The van der Waals surface area contributed by atoms with Gasteiger partial charge in [0.2, 0.25) is 5.43 Å². The Labute approximate surface area is 155 Å². The number of aromatic nitrogens is 1. The molecule has 27 heavy (non-hydrogen) atoms. The van der Waals surface area contributed by atoms with Crippen molar-refractivity contribution in [3.05, 3.63) is 39.4 Å². The number of likely N-dealkylation sites (tertiary alicyclic amines) is 1. The summed E-state index contributed by atoms with van der Waals surface area (Å²) in [5, 5.41) is 4.00. The molecule has 0 spiro atoms. The first kappa shape index (κ1) is 17.9. The van der Waals surface area contributed by atoms with Crippen molar-refractivity contribution in [3.63, 3.8) is 0 Å². The lowest BCUT2D eigenvalue weighted by Crippen LogP contribution is -2.29. The molecular weight excluding hydrogens is 383 g/mol. The second kappa shape index (κ2) is 6.59. The average molecular weight is 397 g/mol. The van der Waals surface area contributed by atoms with Gasteiger partial charge in [0.25, 0.3) is 0 Å². The predicted octanol–water partition coefficient (Wildman–Crippen LogP) is 2.92. The molecular formula is C17H14F3N3O3S. The molecule has 0 aliphatic carbocycles. The Bertz CT molecular complexity index is 1060. The maximum absolute atomic E-state index is 14.5. The van der Waals surface area contributed by atoms with E-state index in [2.05, 4.69) is 5.10 Å². The van der Waals surface area contributed by atoms with Crippen LogP contribution in [0, 0.1) is 17.5 Å². The van der Waals surface area contributed by atoms with Gasteiger partial charge in [-0.15, -0.1) is 5.10 Å². The van der Waals surface area contributed by atoms with Crippen LogP contribution in [0.2, 0.25) is 0 Å². The maximum Gasteiger partial charge on any atom is 0.343 e. The lowest BCUT2D eigenvalue weighted by Gasteiger charge is -2.25. The van der Waals surface area contributed by atoms with Crippen LogP contribution in [0.5, 0.6) is 0 Å². The molecule has 0 saturated carbocycles. The minimum Gasteiger partial charge on any atom is -0.462 e. The van der Waals surface area contributed by atoms with Gasteiger partial charge in [-0.2, -0.15) is 0 Å². The fraction of sp³-hybridized carbons (Fsp3) is 0.353. The van der Waals surface area contributed by atoms with E-state index in [4.69, 9.17) is 4.74 Å². The molecule has 1 aromatic heterocycles. The van der Waals surface area contributed by atoms with E-state index in [0.29, 0.717) is 18.3 Å². The van der Waals surface area contributed by atoms with Gasteiger partial charge in [0, 0.05) is 19.3 Å². The molecule has 4 rings (SSSR count). The zero-order valence-electron chi connectivity index (χ0n) is 14.2. The van der Waals surface area contributed by atoms with Crippen molar-refractivity contribution >= 4 is 33.8 Å². The predicted molar refractivity (Wildman–Crippen MR) is 93.5 cm³/mol. The van der Waals surface area contributed by atoms with Gasteiger partial charge < -0.3 is 9.64 Å². The molecule has 3 heterocycles. The van der Waals surface area contributed by atoms with E-state index >= 15 is 0 Å². The molecule has 0 bridgehead atoms. The van der Waals surface area contributed by atoms with Crippen LogP contribution in [0.25, 0.3) is 10.9 Å². The van der Waals surface area contributed by atoms with E-state index in [-0.39, 0.29) is 17.0 Å². The molecule has 2 aliphatic heterocycles. The van der Waals surface area contributed by atoms with E-state index < -0.39 is 39.8 Å². The number of ether oxygens (including phenoxy) is 1. The summed E-state index contributed by atoms with van der Waals surface area (Å²) in [7, 11) is 0. The van der Waals surface area contributed by atoms with Gasteiger partial charge >= 0.3 is 5.97 Å². The zero-order valence-corrected chi connectivity index (χ0v) is 15.0. The number of hydrogen-bond acceptors (Lipinski definition) is 6. The van der Waals surface area contributed by atoms with Gasteiger partial charge in [-0.3, -0.25) is 4.79 Å². The quantitative estimate of drug-likeness (QED) is 0.576. The van der Waals surface area contributed by atoms with Crippen LogP contribution in [-0.2, 0) is 4.74 Å². The van der Waals surface area contributed by atoms with Gasteiger partial charge in [0.1, 0.15) is 5.56 Å². The van der Waals surface area contributed by atoms with Crippen molar-refractivity contribution in [3.8, 4) is 0 Å². The number of carbonyl (C=O) groups is 1. The summed E-state index contributed by atoms with van der Waals surface area (Å²) in [5.41, 5.74) is -1.74. The summed E-state index contributed by atoms with van der Waals surface area (Å²) in [4.78, 5) is 26.4. The number of thioether (sulfide) groups is 1. The molecule has 10 heteroatoms. The zero-order chi connectivity index (χ0) is 19.3. The van der Waals surface area contributed by atoms with E-state index in [1.165, 1.54) is 0 Å². The first-order chi connectivity index (χ1) is 12.9. The molecule has 6 nitrogen and oxygen atoms in total.